The number of nitrogens with zero attached hydrogens (tertiary/aromatic N) is 2. The number of thiophene rings is 1. The molecule has 33 heavy (non-hydrogen) atoms. The molecule has 1 N–H and O–H groups in total. The van der Waals surface area contributed by atoms with Crippen LogP contribution in [0.25, 0.3) is 0 Å². The summed E-state index contributed by atoms with van der Waals surface area (Å²) in [5, 5.41) is 12.6. The molecule has 8 nitrogen and oxygen atoms in total. The van der Waals surface area contributed by atoms with Gasteiger partial charge in [0.2, 0.25) is 11.5 Å². The maximum Gasteiger partial charge on any atom is 0.290 e. The van der Waals surface area contributed by atoms with Crippen molar-refractivity contribution in [2.24, 2.45) is 0 Å². The molecule has 0 spiro atoms. The third kappa shape index (κ3) is 4.30. The van der Waals surface area contributed by atoms with Crippen LogP contribution in [0, 0.1) is 0 Å². The molecule has 0 unspecified atom stereocenters. The molecular formula is C24H28N2O6S. The van der Waals surface area contributed by atoms with Crippen LogP contribution in [0.4, 0.5) is 0 Å². The number of Topliss-reactive ketones (excluding diaryl/α,β-unsaturated/α-hetero) is 1. The summed E-state index contributed by atoms with van der Waals surface area (Å²) in [7, 11) is 4.53. The van der Waals surface area contributed by atoms with Crippen LogP contribution in [0.2, 0.25) is 0 Å². The van der Waals surface area contributed by atoms with Crippen LogP contribution in [-0.2, 0) is 4.79 Å². The van der Waals surface area contributed by atoms with E-state index in [1.165, 1.54) is 32.7 Å². The van der Waals surface area contributed by atoms with Gasteiger partial charge in [-0.3, -0.25) is 9.59 Å². The second-order valence-corrected chi connectivity index (χ2v) is 8.92. The van der Waals surface area contributed by atoms with E-state index in [0.29, 0.717) is 40.8 Å². The fraction of sp³-hybridized carbons (Fsp3) is 0.417. The average molecular weight is 473 g/mol. The van der Waals surface area contributed by atoms with E-state index in [2.05, 4.69) is 4.90 Å². The van der Waals surface area contributed by atoms with Crippen LogP contribution in [-0.4, -0.2) is 74.1 Å². The molecule has 3 heterocycles. The zero-order valence-corrected chi connectivity index (χ0v) is 19.8. The Hall–Kier alpha value is -3.04. The first-order chi connectivity index (χ1) is 16.0. The first kappa shape index (κ1) is 23.1. The van der Waals surface area contributed by atoms with Crippen LogP contribution in [0.15, 0.2) is 41.0 Å². The molecule has 9 heteroatoms. The number of benzene rings is 1. The summed E-state index contributed by atoms with van der Waals surface area (Å²) in [5.41, 5.74) is 0.668. The number of rotatable bonds is 9. The van der Waals surface area contributed by atoms with Crippen molar-refractivity contribution < 1.29 is 28.9 Å². The van der Waals surface area contributed by atoms with Gasteiger partial charge in [-0.2, -0.15) is 0 Å². The molecule has 1 saturated heterocycles. The van der Waals surface area contributed by atoms with Crippen molar-refractivity contribution >= 4 is 23.0 Å². The number of aliphatic hydroxyl groups is 1. The molecule has 0 bridgehead atoms. The first-order valence-corrected chi connectivity index (χ1v) is 11.7. The highest BCUT2D eigenvalue weighted by Gasteiger charge is 2.44. The van der Waals surface area contributed by atoms with Gasteiger partial charge in [-0.15, -0.1) is 11.3 Å². The molecule has 2 aromatic rings. The number of amides is 1. The Morgan fingerprint density at radius 1 is 1.09 bits per heavy atom. The molecule has 1 atom stereocenters. The van der Waals surface area contributed by atoms with Gasteiger partial charge in [0.15, 0.2) is 17.3 Å². The van der Waals surface area contributed by atoms with Crippen LogP contribution in [0.1, 0.15) is 34.1 Å². The minimum Gasteiger partial charge on any atom is -0.503 e. The van der Waals surface area contributed by atoms with E-state index >= 15 is 0 Å². The quantitative estimate of drug-likeness (QED) is 0.559. The van der Waals surface area contributed by atoms with Gasteiger partial charge in [-0.05, 0) is 55.1 Å². The second kappa shape index (κ2) is 9.84. The molecule has 2 aliphatic rings. The normalized spacial score (nSPS) is 18.8. The van der Waals surface area contributed by atoms with E-state index < -0.39 is 17.7 Å². The highest BCUT2D eigenvalue weighted by Crippen LogP contribution is 2.45. The summed E-state index contributed by atoms with van der Waals surface area (Å²) in [6.45, 7) is 3.01. The fourth-order valence-corrected chi connectivity index (χ4v) is 5.20. The minimum atomic E-state index is -0.775. The Morgan fingerprint density at radius 2 is 1.76 bits per heavy atom. The number of carbonyl (C=O) groups excluding carboxylic acids is 2. The van der Waals surface area contributed by atoms with Gasteiger partial charge in [0.05, 0.1) is 37.8 Å². The van der Waals surface area contributed by atoms with Crippen LogP contribution >= 0.6 is 11.3 Å². The number of hydrogen-bond donors (Lipinski definition) is 1. The molecule has 0 saturated carbocycles. The molecule has 4 rings (SSSR count). The molecule has 0 radical (unpaired) electrons. The maximum atomic E-state index is 13.4. The first-order valence-electron chi connectivity index (χ1n) is 10.8. The minimum absolute atomic E-state index is 0.0677. The van der Waals surface area contributed by atoms with Crippen LogP contribution in [0.3, 0.4) is 0 Å². The van der Waals surface area contributed by atoms with Gasteiger partial charge in [0.1, 0.15) is 0 Å². The van der Waals surface area contributed by atoms with Crippen molar-refractivity contribution in [3.05, 3.63) is 51.4 Å². The van der Waals surface area contributed by atoms with Gasteiger partial charge in [0.25, 0.3) is 5.91 Å². The van der Waals surface area contributed by atoms with Crippen LogP contribution < -0.4 is 14.2 Å². The number of ether oxygens (including phenoxy) is 3. The van der Waals surface area contributed by atoms with Crippen molar-refractivity contribution in [3.8, 4) is 17.2 Å². The third-order valence-corrected chi connectivity index (χ3v) is 7.02. The number of likely N-dealkylation sites (tertiary alicyclic amines) is 1. The topological polar surface area (TPSA) is 88.5 Å². The number of ketones is 1. The van der Waals surface area contributed by atoms with Crippen molar-refractivity contribution in [2.45, 2.75) is 18.9 Å². The third-order valence-electron chi connectivity index (χ3n) is 6.15. The van der Waals surface area contributed by atoms with E-state index in [-0.39, 0.29) is 11.4 Å². The summed E-state index contributed by atoms with van der Waals surface area (Å²) in [6, 6.07) is 6.14. The zero-order valence-electron chi connectivity index (χ0n) is 19.0. The smallest absolute Gasteiger partial charge is 0.290 e. The van der Waals surface area contributed by atoms with Gasteiger partial charge < -0.3 is 29.1 Å². The van der Waals surface area contributed by atoms with Gasteiger partial charge in [0, 0.05) is 13.1 Å². The van der Waals surface area contributed by atoms with Crippen LogP contribution in [0.5, 0.6) is 17.2 Å². The van der Waals surface area contributed by atoms with E-state index in [9.17, 15) is 14.7 Å². The van der Waals surface area contributed by atoms with E-state index in [1.54, 1.807) is 34.5 Å². The Balaban J connectivity index is 1.79. The monoisotopic (exact) mass is 472 g/mol. The van der Waals surface area contributed by atoms with Crippen molar-refractivity contribution in [1.29, 1.82) is 0 Å². The summed E-state index contributed by atoms with van der Waals surface area (Å²) in [4.78, 5) is 30.9. The zero-order chi connectivity index (χ0) is 23.5. The lowest BCUT2D eigenvalue weighted by molar-refractivity contribution is -0.129. The fourth-order valence-electron chi connectivity index (χ4n) is 4.52. The van der Waals surface area contributed by atoms with Crippen molar-refractivity contribution in [3.63, 3.8) is 0 Å². The van der Waals surface area contributed by atoms with Gasteiger partial charge >= 0.3 is 0 Å². The number of methoxy groups -OCH3 is 3. The Morgan fingerprint density at radius 3 is 2.30 bits per heavy atom. The molecule has 176 valence electrons. The Kier molecular flexibility index (Phi) is 6.90. The SMILES string of the molecule is COc1cc([C@@H]2C(C(=O)c3cccs3)=C(O)C(=O)N2CCN2CCCC2)cc(OC)c1OC. The lowest BCUT2D eigenvalue weighted by atomic mass is 9.94. The number of carbonyl (C=O) groups is 2. The van der Waals surface area contributed by atoms with Crippen molar-refractivity contribution in [2.75, 3.05) is 47.5 Å². The largest absolute Gasteiger partial charge is 0.503 e. The van der Waals surface area contributed by atoms with Crippen molar-refractivity contribution in [1.82, 2.24) is 9.80 Å². The number of hydrogen-bond acceptors (Lipinski definition) is 8. The number of aliphatic hydroxyl groups excluding tert-OH is 1. The highest BCUT2D eigenvalue weighted by atomic mass is 32.1. The van der Waals surface area contributed by atoms with E-state index in [0.717, 1.165) is 25.9 Å². The highest BCUT2D eigenvalue weighted by molar-refractivity contribution is 7.12. The standard InChI is InChI=1S/C24H28N2O6S/c1-30-16-13-15(14-17(31-2)23(16)32-3)20-19(21(27)18-7-6-12-33-18)22(28)24(29)26(20)11-10-25-8-4-5-9-25/h6-7,12-14,20,28H,4-5,8-11H2,1-3H3/t20-/m1/s1. The molecule has 1 aromatic carbocycles. The van der Waals surface area contributed by atoms with E-state index in [4.69, 9.17) is 14.2 Å². The Labute approximate surface area is 197 Å². The maximum absolute atomic E-state index is 13.4. The second-order valence-electron chi connectivity index (χ2n) is 7.98. The molecule has 1 fully saturated rings. The molecule has 0 aliphatic carbocycles. The van der Waals surface area contributed by atoms with Gasteiger partial charge in [-0.25, -0.2) is 0 Å². The van der Waals surface area contributed by atoms with E-state index in [1.807, 2.05) is 0 Å². The average Bonchev–Trinajstić information content (AvgIpc) is 3.59. The molecule has 1 aromatic heterocycles. The summed E-state index contributed by atoms with van der Waals surface area (Å²) in [5.74, 6) is -0.183. The summed E-state index contributed by atoms with van der Waals surface area (Å²) in [6.07, 6.45) is 2.27. The predicted octanol–water partition coefficient (Wildman–Crippen LogP) is 3.45. The molecule has 1 amide bonds. The Bertz CT molecular complexity index is 1030. The molecular weight excluding hydrogens is 444 g/mol. The predicted molar refractivity (Wildman–Crippen MR) is 125 cm³/mol. The lowest BCUT2D eigenvalue weighted by Gasteiger charge is -2.29. The van der Waals surface area contributed by atoms with Gasteiger partial charge in [-0.1, -0.05) is 6.07 Å². The lowest BCUT2D eigenvalue weighted by Crippen LogP contribution is -2.38. The summed E-state index contributed by atoms with van der Waals surface area (Å²) >= 11 is 1.27. The molecule has 2 aliphatic heterocycles. The summed E-state index contributed by atoms with van der Waals surface area (Å²) < 4.78 is 16.4.